The Morgan fingerprint density at radius 1 is 1.42 bits per heavy atom. The molecule has 1 aromatic rings. The lowest BCUT2D eigenvalue weighted by atomic mass is 9.93. The second kappa shape index (κ2) is 1.93. The van der Waals surface area contributed by atoms with Gasteiger partial charge in [0.25, 0.3) is 0 Å². The van der Waals surface area contributed by atoms with Crippen LogP contribution in [0.1, 0.15) is 37.1 Å². The molecule has 1 aromatic heterocycles. The fraction of sp³-hybridized carbons (Fsp3) is 0.700. The topological polar surface area (TPSA) is 17.8 Å². The largest absolute Gasteiger partial charge is 0.269 e. The minimum atomic E-state index is 0.583. The smallest absolute Gasteiger partial charge is 0.0596 e. The highest BCUT2D eigenvalue weighted by molar-refractivity contribution is 5.28. The van der Waals surface area contributed by atoms with Crippen molar-refractivity contribution >= 4 is 0 Å². The molecule has 12 heavy (non-hydrogen) atoms. The molecule has 0 saturated heterocycles. The first-order valence-electron chi connectivity index (χ1n) is 4.85. The summed E-state index contributed by atoms with van der Waals surface area (Å²) in [6.07, 6.45) is 5.53. The quantitative estimate of drug-likeness (QED) is 0.570. The second-order valence-corrected chi connectivity index (χ2v) is 4.28. The zero-order chi connectivity index (χ0) is 8.18. The number of aryl methyl sites for hydroxylation is 2. The summed E-state index contributed by atoms with van der Waals surface area (Å²) in [5.74, 6) is 0. The van der Waals surface area contributed by atoms with Crippen molar-refractivity contribution in [2.24, 2.45) is 0 Å². The predicted molar refractivity (Wildman–Crippen MR) is 47.1 cm³/mol. The molecule has 2 heterocycles. The van der Waals surface area contributed by atoms with E-state index in [1.165, 1.54) is 37.1 Å². The Morgan fingerprint density at radius 2 is 2.25 bits per heavy atom. The minimum absolute atomic E-state index is 0.583. The van der Waals surface area contributed by atoms with Gasteiger partial charge in [-0.3, -0.25) is 4.68 Å². The number of hydrogen-bond donors (Lipinski definition) is 0. The molecule has 1 aliphatic heterocycles. The zero-order valence-electron chi connectivity index (χ0n) is 7.51. The lowest BCUT2D eigenvalue weighted by Crippen LogP contribution is -2.21. The summed E-state index contributed by atoms with van der Waals surface area (Å²) in [4.78, 5) is 0. The van der Waals surface area contributed by atoms with Crippen LogP contribution in [0.5, 0.6) is 0 Å². The maximum atomic E-state index is 4.50. The van der Waals surface area contributed by atoms with E-state index < -0.39 is 0 Å². The van der Waals surface area contributed by atoms with Gasteiger partial charge in [0, 0.05) is 17.7 Å². The molecule has 0 atom stereocenters. The van der Waals surface area contributed by atoms with Crippen molar-refractivity contribution in [3.8, 4) is 0 Å². The third-order valence-electron chi connectivity index (χ3n) is 3.32. The molecule has 1 saturated carbocycles. The van der Waals surface area contributed by atoms with Crippen LogP contribution in [0.15, 0.2) is 6.07 Å². The fourth-order valence-corrected chi connectivity index (χ4v) is 2.50. The monoisotopic (exact) mass is 162 g/mol. The molecule has 64 valence electrons. The van der Waals surface area contributed by atoms with Crippen LogP contribution >= 0.6 is 0 Å². The van der Waals surface area contributed by atoms with Gasteiger partial charge in [0.15, 0.2) is 0 Å². The van der Waals surface area contributed by atoms with Crippen LogP contribution in [0.3, 0.4) is 0 Å². The van der Waals surface area contributed by atoms with Crippen LogP contribution in [0, 0.1) is 6.92 Å². The van der Waals surface area contributed by atoms with Crippen LogP contribution in [0.4, 0.5) is 0 Å². The Hall–Kier alpha value is -0.790. The van der Waals surface area contributed by atoms with Crippen LogP contribution in [-0.4, -0.2) is 9.78 Å². The van der Waals surface area contributed by atoms with Crippen molar-refractivity contribution in [1.82, 2.24) is 9.78 Å². The maximum Gasteiger partial charge on any atom is 0.0596 e. The molecule has 0 radical (unpaired) electrons. The van der Waals surface area contributed by atoms with Gasteiger partial charge >= 0.3 is 0 Å². The summed E-state index contributed by atoms with van der Waals surface area (Å²) in [6.45, 7) is 3.24. The number of fused-ring (bicyclic) bond motifs is 2. The van der Waals surface area contributed by atoms with Crippen LogP contribution in [0.25, 0.3) is 0 Å². The van der Waals surface area contributed by atoms with E-state index in [2.05, 4.69) is 22.8 Å². The van der Waals surface area contributed by atoms with Crippen molar-refractivity contribution in [1.29, 1.82) is 0 Å². The highest BCUT2D eigenvalue weighted by Gasteiger charge is 2.47. The molecule has 2 aliphatic rings. The Bertz CT molecular complexity index is 321. The summed E-state index contributed by atoms with van der Waals surface area (Å²) >= 11 is 0. The molecule has 1 fully saturated rings. The van der Waals surface area contributed by atoms with Gasteiger partial charge in [-0.2, -0.15) is 5.10 Å². The molecule has 0 aromatic carbocycles. The summed E-state index contributed by atoms with van der Waals surface area (Å²) < 4.78 is 2.23. The molecule has 1 aliphatic carbocycles. The van der Waals surface area contributed by atoms with E-state index >= 15 is 0 Å². The average molecular weight is 162 g/mol. The summed E-state index contributed by atoms with van der Waals surface area (Å²) in [7, 11) is 0. The van der Waals surface area contributed by atoms with Crippen molar-refractivity contribution in [2.75, 3.05) is 0 Å². The summed E-state index contributed by atoms with van der Waals surface area (Å²) in [5, 5.41) is 4.50. The Morgan fingerprint density at radius 3 is 3.00 bits per heavy atom. The Labute approximate surface area is 72.6 Å². The Balaban J connectivity index is 2.15. The molecule has 2 heteroatoms. The lowest BCUT2D eigenvalue weighted by molar-refractivity contribution is 0.410. The molecular formula is C10H14N2. The van der Waals surface area contributed by atoms with E-state index in [4.69, 9.17) is 0 Å². The highest BCUT2D eigenvalue weighted by atomic mass is 15.3. The van der Waals surface area contributed by atoms with E-state index in [-0.39, 0.29) is 0 Å². The number of hydrogen-bond acceptors (Lipinski definition) is 1. The van der Waals surface area contributed by atoms with Crippen LogP contribution in [0.2, 0.25) is 0 Å². The van der Waals surface area contributed by atoms with E-state index in [0.29, 0.717) is 5.41 Å². The van der Waals surface area contributed by atoms with Crippen molar-refractivity contribution < 1.29 is 0 Å². The summed E-state index contributed by atoms with van der Waals surface area (Å²) in [5.41, 5.74) is 3.30. The molecule has 0 bridgehead atoms. The highest BCUT2D eigenvalue weighted by Crippen LogP contribution is 2.53. The standard InChI is InChI=1S/C10H14N2/c1-8-7-9-10(4-5-10)3-2-6-12(9)11-8/h7H,2-6H2,1H3. The van der Waals surface area contributed by atoms with E-state index in [0.717, 1.165) is 6.54 Å². The average Bonchev–Trinajstić information content (AvgIpc) is 2.68. The van der Waals surface area contributed by atoms with Gasteiger partial charge in [0.05, 0.1) is 5.69 Å². The third-order valence-corrected chi connectivity index (χ3v) is 3.32. The first kappa shape index (κ1) is 6.70. The molecule has 3 rings (SSSR count). The number of rotatable bonds is 0. The molecule has 2 nitrogen and oxygen atoms in total. The third kappa shape index (κ3) is 0.728. The van der Waals surface area contributed by atoms with Crippen molar-refractivity contribution in [3.05, 3.63) is 17.5 Å². The van der Waals surface area contributed by atoms with Gasteiger partial charge in [-0.1, -0.05) is 0 Å². The van der Waals surface area contributed by atoms with Gasteiger partial charge < -0.3 is 0 Å². The number of nitrogens with zero attached hydrogens (tertiary/aromatic N) is 2. The van der Waals surface area contributed by atoms with Crippen molar-refractivity contribution in [3.63, 3.8) is 0 Å². The molecule has 0 unspecified atom stereocenters. The second-order valence-electron chi connectivity index (χ2n) is 4.28. The van der Waals surface area contributed by atoms with Gasteiger partial charge in [-0.05, 0) is 38.7 Å². The van der Waals surface area contributed by atoms with E-state index in [1.807, 2.05) is 0 Å². The predicted octanol–water partition coefficient (Wildman–Crippen LogP) is 2.02. The van der Waals surface area contributed by atoms with Gasteiger partial charge in [-0.25, -0.2) is 0 Å². The van der Waals surface area contributed by atoms with Gasteiger partial charge in [0.2, 0.25) is 0 Å². The molecular weight excluding hydrogens is 148 g/mol. The molecule has 0 N–H and O–H groups in total. The SMILES string of the molecule is Cc1cc2n(n1)CCCC21CC1. The van der Waals surface area contributed by atoms with Gasteiger partial charge in [-0.15, -0.1) is 0 Å². The van der Waals surface area contributed by atoms with E-state index in [1.54, 1.807) is 0 Å². The van der Waals surface area contributed by atoms with E-state index in [9.17, 15) is 0 Å². The fourth-order valence-electron chi connectivity index (χ4n) is 2.50. The maximum absolute atomic E-state index is 4.50. The number of aromatic nitrogens is 2. The lowest BCUT2D eigenvalue weighted by Gasteiger charge is -2.22. The van der Waals surface area contributed by atoms with Gasteiger partial charge in [0.1, 0.15) is 0 Å². The van der Waals surface area contributed by atoms with Crippen molar-refractivity contribution in [2.45, 2.75) is 44.6 Å². The first-order valence-corrected chi connectivity index (χ1v) is 4.85. The first-order chi connectivity index (χ1) is 5.80. The molecule has 0 amide bonds. The van der Waals surface area contributed by atoms with Crippen LogP contribution < -0.4 is 0 Å². The Kier molecular flexibility index (Phi) is 1.07. The summed E-state index contributed by atoms with van der Waals surface area (Å²) in [6, 6.07) is 2.28. The minimum Gasteiger partial charge on any atom is -0.269 e. The molecule has 1 spiro atoms. The van der Waals surface area contributed by atoms with Crippen LogP contribution in [-0.2, 0) is 12.0 Å². The normalized spacial score (nSPS) is 24.1. The zero-order valence-corrected chi connectivity index (χ0v) is 7.51.